The molecule has 1 atom stereocenters. The van der Waals surface area contributed by atoms with Gasteiger partial charge in [0.05, 0.1) is 11.6 Å². The number of para-hydroxylation sites is 2. The number of nitrogens with one attached hydrogen (secondary N) is 1. The molecule has 0 saturated carbocycles. The number of nitrogen functional groups attached to an aromatic ring is 1. The molecule has 1 aromatic heterocycles. The van der Waals surface area contributed by atoms with Crippen molar-refractivity contribution in [2.24, 2.45) is 0 Å². The number of carbonyl (C=O) groups is 1. The highest BCUT2D eigenvalue weighted by atomic mass is 19.4. The van der Waals surface area contributed by atoms with Crippen LogP contribution in [0.4, 0.5) is 27.6 Å². The maximum atomic E-state index is 13.1. The molecule has 0 fully saturated rings. The SMILES string of the molecule is CC(NC(=O)c1ccc(=O)n(-c2ccccc2OC(F)F)n1)c1cc(N)cc(C(F)(F)F)c1. The van der Waals surface area contributed by atoms with E-state index >= 15 is 0 Å². The summed E-state index contributed by atoms with van der Waals surface area (Å²) in [6.07, 6.45) is -4.63. The van der Waals surface area contributed by atoms with E-state index in [-0.39, 0.29) is 28.4 Å². The third kappa shape index (κ3) is 5.64. The van der Waals surface area contributed by atoms with Crippen LogP contribution in [0.5, 0.6) is 5.75 Å². The van der Waals surface area contributed by atoms with Crippen molar-refractivity contribution in [1.29, 1.82) is 0 Å². The Morgan fingerprint density at radius 1 is 1.12 bits per heavy atom. The first-order valence-corrected chi connectivity index (χ1v) is 9.39. The molecule has 0 aliphatic rings. The summed E-state index contributed by atoms with van der Waals surface area (Å²) < 4.78 is 69.6. The third-order valence-electron chi connectivity index (χ3n) is 4.50. The molecule has 3 aromatic rings. The second kappa shape index (κ2) is 9.27. The number of benzene rings is 2. The topological polar surface area (TPSA) is 99.2 Å². The fourth-order valence-corrected chi connectivity index (χ4v) is 2.98. The lowest BCUT2D eigenvalue weighted by atomic mass is 10.0. The second-order valence-corrected chi connectivity index (χ2v) is 6.90. The molecule has 0 aliphatic heterocycles. The number of hydrogen-bond acceptors (Lipinski definition) is 5. The van der Waals surface area contributed by atoms with Crippen molar-refractivity contribution in [3.05, 3.63) is 81.8 Å². The van der Waals surface area contributed by atoms with Crippen LogP contribution in [-0.2, 0) is 6.18 Å². The molecule has 1 amide bonds. The number of nitrogens with zero attached hydrogens (tertiary/aromatic N) is 2. The Morgan fingerprint density at radius 2 is 1.82 bits per heavy atom. The van der Waals surface area contributed by atoms with Gasteiger partial charge in [-0.05, 0) is 48.9 Å². The Balaban J connectivity index is 1.90. The Labute approximate surface area is 183 Å². The van der Waals surface area contributed by atoms with Crippen LogP contribution in [0.25, 0.3) is 5.69 Å². The number of aromatic nitrogens is 2. The smallest absolute Gasteiger partial charge is 0.416 e. The average molecular weight is 468 g/mol. The molecule has 0 bridgehead atoms. The van der Waals surface area contributed by atoms with Gasteiger partial charge >= 0.3 is 12.8 Å². The quantitative estimate of drug-likeness (QED) is 0.422. The fraction of sp³-hybridized carbons (Fsp3) is 0.190. The van der Waals surface area contributed by atoms with E-state index in [9.17, 15) is 31.5 Å². The van der Waals surface area contributed by atoms with Gasteiger partial charge in [-0.3, -0.25) is 9.59 Å². The van der Waals surface area contributed by atoms with E-state index in [4.69, 9.17) is 5.73 Å². The second-order valence-electron chi connectivity index (χ2n) is 6.90. The number of ether oxygens (including phenoxy) is 1. The van der Waals surface area contributed by atoms with E-state index in [1.54, 1.807) is 0 Å². The van der Waals surface area contributed by atoms with Gasteiger partial charge in [0.15, 0.2) is 5.75 Å². The van der Waals surface area contributed by atoms with Crippen LogP contribution in [0.3, 0.4) is 0 Å². The lowest BCUT2D eigenvalue weighted by Gasteiger charge is -2.17. The number of alkyl halides is 5. The van der Waals surface area contributed by atoms with Crippen LogP contribution in [0.1, 0.15) is 34.6 Å². The molecule has 174 valence electrons. The number of anilines is 1. The van der Waals surface area contributed by atoms with Gasteiger partial charge in [-0.1, -0.05) is 12.1 Å². The van der Waals surface area contributed by atoms with Crippen molar-refractivity contribution in [2.45, 2.75) is 25.8 Å². The highest BCUT2D eigenvalue weighted by molar-refractivity contribution is 5.92. The van der Waals surface area contributed by atoms with E-state index in [2.05, 4.69) is 15.2 Å². The van der Waals surface area contributed by atoms with Crippen molar-refractivity contribution in [1.82, 2.24) is 15.1 Å². The van der Waals surface area contributed by atoms with Gasteiger partial charge in [-0.15, -0.1) is 0 Å². The maximum Gasteiger partial charge on any atom is 0.416 e. The van der Waals surface area contributed by atoms with Gasteiger partial charge in [0.2, 0.25) is 0 Å². The van der Waals surface area contributed by atoms with E-state index in [1.165, 1.54) is 37.3 Å². The van der Waals surface area contributed by atoms with E-state index in [0.29, 0.717) is 4.68 Å². The van der Waals surface area contributed by atoms with Crippen LogP contribution in [-0.4, -0.2) is 22.3 Å². The van der Waals surface area contributed by atoms with E-state index < -0.39 is 35.9 Å². The molecule has 0 radical (unpaired) electrons. The van der Waals surface area contributed by atoms with Crippen LogP contribution >= 0.6 is 0 Å². The van der Waals surface area contributed by atoms with Crippen molar-refractivity contribution in [3.63, 3.8) is 0 Å². The molecule has 3 rings (SSSR count). The molecule has 0 aliphatic carbocycles. The van der Waals surface area contributed by atoms with Crippen molar-refractivity contribution < 1.29 is 31.5 Å². The molecular formula is C21H17F5N4O3. The van der Waals surface area contributed by atoms with Crippen molar-refractivity contribution in [2.75, 3.05) is 5.73 Å². The molecule has 0 spiro atoms. The summed E-state index contributed by atoms with van der Waals surface area (Å²) in [5.41, 5.74) is 3.41. The van der Waals surface area contributed by atoms with Gasteiger partial charge in [0, 0.05) is 11.8 Å². The minimum Gasteiger partial charge on any atom is -0.433 e. The standard InChI is InChI=1S/C21H17F5N4O3/c1-11(12-8-13(21(24,25)26)10-14(27)9-12)28-19(32)15-6-7-18(31)30(29-15)16-4-2-3-5-17(16)33-20(22)23/h2-11,20H,27H2,1H3,(H,28,32). The van der Waals surface area contributed by atoms with Gasteiger partial charge in [0.25, 0.3) is 11.5 Å². The highest BCUT2D eigenvalue weighted by Gasteiger charge is 2.31. The maximum absolute atomic E-state index is 13.1. The summed E-state index contributed by atoms with van der Waals surface area (Å²) in [5, 5.41) is 6.37. The highest BCUT2D eigenvalue weighted by Crippen LogP contribution is 2.32. The van der Waals surface area contributed by atoms with E-state index in [1.807, 2.05) is 0 Å². The fourth-order valence-electron chi connectivity index (χ4n) is 2.98. The number of rotatable bonds is 6. The molecule has 7 nitrogen and oxygen atoms in total. The Morgan fingerprint density at radius 3 is 2.48 bits per heavy atom. The molecule has 33 heavy (non-hydrogen) atoms. The van der Waals surface area contributed by atoms with Gasteiger partial charge in [-0.25, -0.2) is 0 Å². The molecule has 0 saturated heterocycles. The average Bonchev–Trinajstić information content (AvgIpc) is 2.73. The minimum atomic E-state index is -4.63. The van der Waals surface area contributed by atoms with Crippen molar-refractivity contribution >= 4 is 11.6 Å². The predicted octanol–water partition coefficient (Wildman–Crippen LogP) is 3.93. The minimum absolute atomic E-state index is 0.0969. The molecule has 12 heteroatoms. The largest absolute Gasteiger partial charge is 0.433 e. The molecule has 1 unspecified atom stereocenters. The van der Waals surface area contributed by atoms with Crippen LogP contribution < -0.4 is 21.3 Å². The van der Waals surface area contributed by atoms with Gasteiger partial charge in [-0.2, -0.15) is 31.7 Å². The summed E-state index contributed by atoms with van der Waals surface area (Å²) in [6.45, 7) is -1.72. The van der Waals surface area contributed by atoms with Crippen LogP contribution in [0.2, 0.25) is 0 Å². The number of nitrogens with two attached hydrogens (primary N) is 1. The number of hydrogen-bond donors (Lipinski definition) is 2. The number of amides is 1. The summed E-state index contributed by atoms with van der Waals surface area (Å²) in [4.78, 5) is 24.9. The summed E-state index contributed by atoms with van der Waals surface area (Å²) >= 11 is 0. The first kappa shape index (κ1) is 23.7. The molecule has 1 heterocycles. The lowest BCUT2D eigenvalue weighted by molar-refractivity contribution is -0.137. The van der Waals surface area contributed by atoms with E-state index in [0.717, 1.165) is 24.3 Å². The summed E-state index contributed by atoms with van der Waals surface area (Å²) in [7, 11) is 0. The summed E-state index contributed by atoms with van der Waals surface area (Å²) in [6, 6.07) is 9.45. The Kier molecular flexibility index (Phi) is 6.65. The molecule has 3 N–H and O–H groups in total. The molecule has 2 aromatic carbocycles. The first-order valence-electron chi connectivity index (χ1n) is 9.39. The summed E-state index contributed by atoms with van der Waals surface area (Å²) in [5.74, 6) is -1.16. The number of halogens is 5. The van der Waals surface area contributed by atoms with Crippen LogP contribution in [0.15, 0.2) is 59.4 Å². The zero-order chi connectivity index (χ0) is 24.3. The first-order chi connectivity index (χ1) is 15.5. The van der Waals surface area contributed by atoms with Gasteiger partial charge in [0.1, 0.15) is 11.4 Å². The van der Waals surface area contributed by atoms with Crippen molar-refractivity contribution in [3.8, 4) is 11.4 Å². The molecular weight excluding hydrogens is 451 g/mol. The predicted molar refractivity (Wildman–Crippen MR) is 108 cm³/mol. The zero-order valence-electron chi connectivity index (χ0n) is 16.9. The monoisotopic (exact) mass is 468 g/mol. The number of carbonyl (C=O) groups excluding carboxylic acids is 1. The lowest BCUT2D eigenvalue weighted by Crippen LogP contribution is -2.31. The normalized spacial score (nSPS) is 12.5. The van der Waals surface area contributed by atoms with Crippen LogP contribution in [0, 0.1) is 0 Å². The Bertz CT molecular complexity index is 1230. The third-order valence-corrected chi connectivity index (χ3v) is 4.50. The Hall–Kier alpha value is -3.96. The zero-order valence-corrected chi connectivity index (χ0v) is 16.9. The van der Waals surface area contributed by atoms with Gasteiger partial charge < -0.3 is 15.8 Å².